The van der Waals surface area contributed by atoms with Crippen LogP contribution in [0.4, 0.5) is 0 Å². The van der Waals surface area contributed by atoms with Crippen molar-refractivity contribution in [3.05, 3.63) is 71.8 Å². The van der Waals surface area contributed by atoms with Gasteiger partial charge in [0, 0.05) is 25.7 Å². The van der Waals surface area contributed by atoms with E-state index in [2.05, 4.69) is 29.2 Å². The molecule has 0 aliphatic carbocycles. The average Bonchev–Trinajstić information content (AvgIpc) is 3.08. The first-order valence-electron chi connectivity index (χ1n) is 9.47. The highest BCUT2D eigenvalue weighted by Crippen LogP contribution is 2.22. The zero-order valence-electron chi connectivity index (χ0n) is 15.3. The minimum Gasteiger partial charge on any atom is -0.396 e. The summed E-state index contributed by atoms with van der Waals surface area (Å²) >= 11 is 0. The molecule has 4 nitrogen and oxygen atoms in total. The summed E-state index contributed by atoms with van der Waals surface area (Å²) < 4.78 is 12.1. The van der Waals surface area contributed by atoms with Crippen molar-refractivity contribution in [2.24, 2.45) is 0 Å². The zero-order valence-corrected chi connectivity index (χ0v) is 15.3. The lowest BCUT2D eigenvalue weighted by atomic mass is 10.2. The van der Waals surface area contributed by atoms with Crippen molar-refractivity contribution in [2.75, 3.05) is 26.3 Å². The van der Waals surface area contributed by atoms with Gasteiger partial charge in [0.1, 0.15) is 0 Å². The lowest BCUT2D eigenvalue weighted by Gasteiger charge is -2.23. The number of nitrogens with zero attached hydrogens (tertiary/aromatic N) is 1. The molecule has 0 aromatic heterocycles. The maximum absolute atomic E-state index is 9.17. The van der Waals surface area contributed by atoms with Crippen LogP contribution in [0.25, 0.3) is 0 Å². The first kappa shape index (κ1) is 19.1. The molecule has 0 unspecified atom stereocenters. The Morgan fingerprint density at radius 2 is 1.58 bits per heavy atom. The number of hydrogen-bond acceptors (Lipinski definition) is 4. The largest absolute Gasteiger partial charge is 0.396 e. The third-order valence-corrected chi connectivity index (χ3v) is 4.84. The lowest BCUT2D eigenvalue weighted by Crippen LogP contribution is -2.34. The van der Waals surface area contributed by atoms with E-state index in [4.69, 9.17) is 14.6 Å². The summed E-state index contributed by atoms with van der Waals surface area (Å²) in [6, 6.07) is 20.9. The Labute approximate surface area is 156 Å². The Balaban J connectivity index is 1.47. The van der Waals surface area contributed by atoms with Crippen LogP contribution in [-0.2, 0) is 22.7 Å². The highest BCUT2D eigenvalue weighted by molar-refractivity contribution is 5.14. The molecule has 1 heterocycles. The average molecular weight is 355 g/mol. The van der Waals surface area contributed by atoms with Gasteiger partial charge in [-0.2, -0.15) is 0 Å². The molecule has 26 heavy (non-hydrogen) atoms. The number of benzene rings is 2. The maximum Gasteiger partial charge on any atom is 0.0722 e. The molecule has 3 rings (SSSR count). The molecule has 1 fully saturated rings. The minimum absolute atomic E-state index is 0.222. The predicted octanol–water partition coefficient (Wildman–Crippen LogP) is 3.25. The molecular weight excluding hydrogens is 326 g/mol. The van der Waals surface area contributed by atoms with Gasteiger partial charge in [-0.3, -0.25) is 4.90 Å². The highest BCUT2D eigenvalue weighted by Gasteiger charge is 2.32. The van der Waals surface area contributed by atoms with Gasteiger partial charge in [-0.05, 0) is 24.0 Å². The van der Waals surface area contributed by atoms with Gasteiger partial charge >= 0.3 is 0 Å². The molecule has 0 spiro atoms. The second-order valence-electron chi connectivity index (χ2n) is 6.88. The fourth-order valence-corrected chi connectivity index (χ4v) is 3.45. The second-order valence-corrected chi connectivity index (χ2v) is 6.88. The third-order valence-electron chi connectivity index (χ3n) is 4.84. The maximum atomic E-state index is 9.17. The van der Waals surface area contributed by atoms with Gasteiger partial charge in [-0.1, -0.05) is 60.7 Å². The van der Waals surface area contributed by atoms with Crippen LogP contribution in [0.1, 0.15) is 24.0 Å². The van der Waals surface area contributed by atoms with E-state index in [9.17, 15) is 0 Å². The van der Waals surface area contributed by atoms with E-state index >= 15 is 0 Å². The van der Waals surface area contributed by atoms with Crippen LogP contribution in [0, 0.1) is 0 Å². The van der Waals surface area contributed by atoms with E-state index in [0.29, 0.717) is 25.9 Å². The Hall–Kier alpha value is -1.72. The summed E-state index contributed by atoms with van der Waals surface area (Å²) in [7, 11) is 0. The van der Waals surface area contributed by atoms with Crippen LogP contribution in [0.5, 0.6) is 0 Å². The smallest absolute Gasteiger partial charge is 0.0722 e. The van der Waals surface area contributed by atoms with E-state index in [0.717, 1.165) is 25.9 Å². The molecular formula is C22H29NO3. The fourth-order valence-electron chi connectivity index (χ4n) is 3.45. The van der Waals surface area contributed by atoms with Gasteiger partial charge in [-0.25, -0.2) is 0 Å². The van der Waals surface area contributed by atoms with Gasteiger partial charge in [-0.15, -0.1) is 0 Å². The Bertz CT molecular complexity index is 620. The molecule has 0 radical (unpaired) electrons. The van der Waals surface area contributed by atoms with Gasteiger partial charge in [0.05, 0.1) is 25.9 Å². The first-order chi connectivity index (χ1) is 12.8. The van der Waals surface area contributed by atoms with Crippen molar-refractivity contribution in [3.8, 4) is 0 Å². The van der Waals surface area contributed by atoms with Crippen molar-refractivity contribution in [3.63, 3.8) is 0 Å². The van der Waals surface area contributed by atoms with E-state index < -0.39 is 0 Å². The van der Waals surface area contributed by atoms with Gasteiger partial charge in [0.15, 0.2) is 0 Å². The van der Waals surface area contributed by atoms with Crippen molar-refractivity contribution >= 4 is 0 Å². The number of aliphatic hydroxyl groups is 1. The van der Waals surface area contributed by atoms with E-state index in [1.807, 2.05) is 36.4 Å². The van der Waals surface area contributed by atoms with Crippen LogP contribution < -0.4 is 0 Å². The highest BCUT2D eigenvalue weighted by atomic mass is 16.5. The Kier molecular flexibility index (Phi) is 7.65. The number of aliphatic hydroxyl groups excluding tert-OH is 1. The summed E-state index contributed by atoms with van der Waals surface area (Å²) in [6.45, 7) is 4.01. The molecule has 0 bridgehead atoms. The molecule has 0 saturated carbocycles. The van der Waals surface area contributed by atoms with Crippen LogP contribution in [0.2, 0.25) is 0 Å². The number of likely N-dealkylation sites (tertiary alicyclic amines) is 1. The standard InChI is InChI=1S/C22H29NO3/c24-13-7-12-23-15-22(26-17-20-10-5-2-6-11-20)14-21(23)18-25-16-19-8-3-1-4-9-19/h1-6,8-11,21-22,24H,7,12-18H2/t21-,22-/m0/s1. The second kappa shape index (κ2) is 10.4. The van der Waals surface area contributed by atoms with Crippen molar-refractivity contribution in [1.82, 2.24) is 4.90 Å². The zero-order chi connectivity index (χ0) is 18.0. The summed E-state index contributed by atoms with van der Waals surface area (Å²) in [4.78, 5) is 2.40. The molecule has 1 N–H and O–H groups in total. The monoisotopic (exact) mass is 355 g/mol. The lowest BCUT2D eigenvalue weighted by molar-refractivity contribution is 0.0459. The topological polar surface area (TPSA) is 41.9 Å². The van der Waals surface area contributed by atoms with E-state index in [1.165, 1.54) is 11.1 Å². The SMILES string of the molecule is OCCCN1C[C@@H](OCc2ccccc2)C[C@H]1COCc1ccccc1. The van der Waals surface area contributed by atoms with Crippen molar-refractivity contribution < 1.29 is 14.6 Å². The number of ether oxygens (including phenoxy) is 2. The van der Waals surface area contributed by atoms with E-state index in [1.54, 1.807) is 0 Å². The molecule has 4 heteroatoms. The Morgan fingerprint density at radius 1 is 0.923 bits per heavy atom. The van der Waals surface area contributed by atoms with E-state index in [-0.39, 0.29) is 12.7 Å². The van der Waals surface area contributed by atoms with Crippen molar-refractivity contribution in [1.29, 1.82) is 0 Å². The minimum atomic E-state index is 0.222. The van der Waals surface area contributed by atoms with Crippen LogP contribution in [-0.4, -0.2) is 48.5 Å². The quantitative estimate of drug-likeness (QED) is 0.710. The number of hydrogen-bond donors (Lipinski definition) is 1. The van der Waals surface area contributed by atoms with Crippen LogP contribution in [0.3, 0.4) is 0 Å². The summed E-state index contributed by atoms with van der Waals surface area (Å²) in [5.74, 6) is 0. The third kappa shape index (κ3) is 5.92. The molecule has 1 aliphatic heterocycles. The molecule has 2 aromatic carbocycles. The normalized spacial score (nSPS) is 20.5. The molecule has 1 aliphatic rings. The van der Waals surface area contributed by atoms with Gasteiger partial charge < -0.3 is 14.6 Å². The Morgan fingerprint density at radius 3 is 2.23 bits per heavy atom. The summed E-state index contributed by atoms with van der Waals surface area (Å²) in [5, 5.41) is 9.17. The molecule has 0 amide bonds. The predicted molar refractivity (Wildman–Crippen MR) is 103 cm³/mol. The molecule has 2 aromatic rings. The summed E-state index contributed by atoms with van der Waals surface area (Å²) in [6.07, 6.45) is 1.99. The van der Waals surface area contributed by atoms with Crippen molar-refractivity contribution in [2.45, 2.75) is 38.2 Å². The van der Waals surface area contributed by atoms with Crippen LogP contribution in [0.15, 0.2) is 60.7 Å². The fraction of sp³-hybridized carbons (Fsp3) is 0.455. The molecule has 140 valence electrons. The van der Waals surface area contributed by atoms with Gasteiger partial charge in [0.25, 0.3) is 0 Å². The molecule has 2 atom stereocenters. The van der Waals surface area contributed by atoms with Crippen LogP contribution >= 0.6 is 0 Å². The summed E-state index contributed by atoms with van der Waals surface area (Å²) in [5.41, 5.74) is 2.41. The first-order valence-corrected chi connectivity index (χ1v) is 9.47. The molecule has 1 saturated heterocycles. The number of rotatable bonds is 10. The van der Waals surface area contributed by atoms with Gasteiger partial charge in [0.2, 0.25) is 0 Å².